The molecule has 8 heteroatoms. The third kappa shape index (κ3) is 4.30. The van der Waals surface area contributed by atoms with Gasteiger partial charge in [-0.25, -0.2) is 5.43 Å². The van der Waals surface area contributed by atoms with Crippen molar-refractivity contribution in [1.82, 2.24) is 9.99 Å². The van der Waals surface area contributed by atoms with Crippen LogP contribution >= 0.6 is 11.3 Å². The molecule has 1 amide bonds. The number of hydrogen-bond donors (Lipinski definition) is 1. The minimum absolute atomic E-state index is 0.0551. The van der Waals surface area contributed by atoms with Crippen molar-refractivity contribution in [3.63, 3.8) is 0 Å². The molecule has 1 saturated heterocycles. The van der Waals surface area contributed by atoms with E-state index in [2.05, 4.69) is 15.4 Å². The molecular weight excluding hydrogens is 328 g/mol. The number of nitrogens with one attached hydrogen (secondary N) is 1. The van der Waals surface area contributed by atoms with Crippen LogP contribution in [0.1, 0.15) is 4.88 Å². The van der Waals surface area contributed by atoms with Crippen molar-refractivity contribution in [2.45, 2.75) is 6.54 Å². The lowest BCUT2D eigenvalue weighted by Crippen LogP contribution is -2.35. The monoisotopic (exact) mass is 346 g/mol. The van der Waals surface area contributed by atoms with Crippen molar-refractivity contribution in [1.29, 1.82) is 0 Å². The average Bonchev–Trinajstić information content (AvgIpc) is 3.07. The Kier molecular flexibility index (Phi) is 5.39. The molecule has 0 saturated carbocycles. The van der Waals surface area contributed by atoms with E-state index in [1.54, 1.807) is 35.9 Å². The number of anilines is 1. The lowest BCUT2D eigenvalue weighted by atomic mass is 10.4. The number of ether oxygens (including phenoxy) is 1. The summed E-state index contributed by atoms with van der Waals surface area (Å²) >= 11 is 1.61. The van der Waals surface area contributed by atoms with E-state index in [0.717, 1.165) is 31.2 Å². The number of aromatic nitrogens is 1. The third-order valence-electron chi connectivity index (χ3n) is 3.53. The average molecular weight is 346 g/mol. The predicted octanol–water partition coefficient (Wildman–Crippen LogP) is 0.897. The largest absolute Gasteiger partial charge is 0.378 e. The number of rotatable bonds is 5. The van der Waals surface area contributed by atoms with E-state index in [-0.39, 0.29) is 18.0 Å². The molecule has 0 spiro atoms. The van der Waals surface area contributed by atoms with E-state index in [9.17, 15) is 9.59 Å². The van der Waals surface area contributed by atoms with Gasteiger partial charge in [0.15, 0.2) is 0 Å². The van der Waals surface area contributed by atoms with Gasteiger partial charge < -0.3 is 14.2 Å². The fourth-order valence-corrected chi connectivity index (χ4v) is 3.25. The Bertz CT molecular complexity index is 777. The zero-order chi connectivity index (χ0) is 16.8. The Labute approximate surface area is 143 Å². The molecule has 1 aliphatic rings. The second-order valence-corrected chi connectivity index (χ2v) is 6.33. The van der Waals surface area contributed by atoms with Gasteiger partial charge in [0.1, 0.15) is 6.54 Å². The van der Waals surface area contributed by atoms with E-state index in [1.807, 2.05) is 12.1 Å². The zero-order valence-corrected chi connectivity index (χ0v) is 13.9. The van der Waals surface area contributed by atoms with Gasteiger partial charge in [-0.15, -0.1) is 11.3 Å². The number of carbonyl (C=O) groups is 1. The standard InChI is InChI=1S/C16H18N4O3S/c21-14(12-20-6-2-1-3-15(20)22)18-17-11-13-4-5-16(24-13)19-7-9-23-10-8-19/h1-6,11H,7-10,12H2,(H,18,21)/b17-11-. The second-order valence-electron chi connectivity index (χ2n) is 5.24. The van der Waals surface area contributed by atoms with Crippen LogP contribution in [0.3, 0.4) is 0 Å². The molecule has 126 valence electrons. The molecule has 0 bridgehead atoms. The van der Waals surface area contributed by atoms with Crippen LogP contribution in [-0.4, -0.2) is 43.0 Å². The van der Waals surface area contributed by atoms with Gasteiger partial charge in [-0.3, -0.25) is 9.59 Å². The van der Waals surface area contributed by atoms with Crippen molar-refractivity contribution >= 4 is 28.5 Å². The zero-order valence-electron chi connectivity index (χ0n) is 13.1. The molecule has 1 aliphatic heterocycles. The molecule has 1 N–H and O–H groups in total. The van der Waals surface area contributed by atoms with Gasteiger partial charge in [0, 0.05) is 30.2 Å². The van der Waals surface area contributed by atoms with Crippen LogP contribution in [0.25, 0.3) is 0 Å². The van der Waals surface area contributed by atoms with Crippen molar-refractivity contribution in [2.24, 2.45) is 5.10 Å². The van der Waals surface area contributed by atoms with Gasteiger partial charge in [0.25, 0.3) is 11.5 Å². The number of hydrazone groups is 1. The smallest absolute Gasteiger partial charge is 0.260 e. The van der Waals surface area contributed by atoms with E-state index >= 15 is 0 Å². The van der Waals surface area contributed by atoms with Gasteiger partial charge in [0.05, 0.1) is 24.4 Å². The topological polar surface area (TPSA) is 75.9 Å². The summed E-state index contributed by atoms with van der Waals surface area (Å²) in [7, 11) is 0. The first-order valence-electron chi connectivity index (χ1n) is 7.62. The first-order valence-corrected chi connectivity index (χ1v) is 8.44. The van der Waals surface area contributed by atoms with Gasteiger partial charge in [-0.1, -0.05) is 6.07 Å². The Hall–Kier alpha value is -2.45. The maximum atomic E-state index is 11.8. The van der Waals surface area contributed by atoms with Crippen LogP contribution in [0, 0.1) is 0 Å². The van der Waals surface area contributed by atoms with Crippen molar-refractivity contribution in [3.8, 4) is 0 Å². The first kappa shape index (κ1) is 16.4. The molecule has 0 aliphatic carbocycles. The highest BCUT2D eigenvalue weighted by atomic mass is 32.1. The molecule has 0 unspecified atom stereocenters. The maximum absolute atomic E-state index is 11.8. The summed E-state index contributed by atoms with van der Waals surface area (Å²) in [6, 6.07) is 8.76. The van der Waals surface area contributed by atoms with Gasteiger partial charge in [-0.05, 0) is 18.2 Å². The van der Waals surface area contributed by atoms with E-state index in [4.69, 9.17) is 4.74 Å². The highest BCUT2D eigenvalue weighted by Crippen LogP contribution is 2.25. The lowest BCUT2D eigenvalue weighted by Gasteiger charge is -2.27. The van der Waals surface area contributed by atoms with Crippen LogP contribution in [0.2, 0.25) is 0 Å². The molecule has 3 rings (SSSR count). The number of morpholine rings is 1. The Balaban J connectivity index is 1.52. The molecule has 3 heterocycles. The van der Waals surface area contributed by atoms with E-state index in [1.165, 1.54) is 15.6 Å². The molecule has 2 aromatic rings. The summed E-state index contributed by atoms with van der Waals surface area (Å²) < 4.78 is 6.67. The molecule has 0 atom stereocenters. The molecule has 24 heavy (non-hydrogen) atoms. The maximum Gasteiger partial charge on any atom is 0.260 e. The Morgan fingerprint density at radius 3 is 2.92 bits per heavy atom. The van der Waals surface area contributed by atoms with Crippen LogP contribution in [0.4, 0.5) is 5.00 Å². The minimum atomic E-state index is -0.343. The van der Waals surface area contributed by atoms with Crippen LogP contribution in [0.15, 0.2) is 46.4 Å². The number of hydrogen-bond acceptors (Lipinski definition) is 6. The summed E-state index contributed by atoms with van der Waals surface area (Å²) in [6.07, 6.45) is 3.18. The van der Waals surface area contributed by atoms with E-state index < -0.39 is 0 Å². The number of carbonyl (C=O) groups excluding carboxylic acids is 1. The summed E-state index contributed by atoms with van der Waals surface area (Å²) in [5, 5.41) is 5.12. The SMILES string of the molecule is O=C(Cn1ccccc1=O)N/N=C\c1ccc(N2CCOCC2)s1. The van der Waals surface area contributed by atoms with Crippen LogP contribution in [-0.2, 0) is 16.1 Å². The van der Waals surface area contributed by atoms with Crippen molar-refractivity contribution in [2.75, 3.05) is 31.2 Å². The molecule has 7 nitrogen and oxygen atoms in total. The van der Waals surface area contributed by atoms with Crippen molar-refractivity contribution in [3.05, 3.63) is 51.8 Å². The number of amides is 1. The van der Waals surface area contributed by atoms with Gasteiger partial charge in [0.2, 0.25) is 0 Å². The summed E-state index contributed by atoms with van der Waals surface area (Å²) in [4.78, 5) is 26.6. The molecular formula is C16H18N4O3S. The van der Waals surface area contributed by atoms with E-state index in [0.29, 0.717) is 0 Å². The quantitative estimate of drug-likeness (QED) is 0.645. The summed E-state index contributed by atoms with van der Waals surface area (Å²) in [6.45, 7) is 3.21. The van der Waals surface area contributed by atoms with Crippen LogP contribution in [0.5, 0.6) is 0 Å². The fourth-order valence-electron chi connectivity index (χ4n) is 2.31. The third-order valence-corrected chi connectivity index (χ3v) is 4.61. The molecule has 2 aromatic heterocycles. The highest BCUT2D eigenvalue weighted by molar-refractivity contribution is 7.17. The van der Waals surface area contributed by atoms with Gasteiger partial charge >= 0.3 is 0 Å². The second kappa shape index (κ2) is 7.89. The number of nitrogens with zero attached hydrogens (tertiary/aromatic N) is 3. The Morgan fingerprint density at radius 2 is 2.12 bits per heavy atom. The molecule has 1 fully saturated rings. The minimum Gasteiger partial charge on any atom is -0.378 e. The normalized spacial score (nSPS) is 14.9. The predicted molar refractivity (Wildman–Crippen MR) is 93.8 cm³/mol. The lowest BCUT2D eigenvalue weighted by molar-refractivity contribution is -0.121. The first-order chi connectivity index (χ1) is 11.7. The van der Waals surface area contributed by atoms with Crippen LogP contribution < -0.4 is 15.9 Å². The summed E-state index contributed by atoms with van der Waals surface area (Å²) in [5.74, 6) is -0.343. The Morgan fingerprint density at radius 1 is 1.29 bits per heavy atom. The van der Waals surface area contributed by atoms with Gasteiger partial charge in [-0.2, -0.15) is 5.10 Å². The van der Waals surface area contributed by atoms with Crippen molar-refractivity contribution < 1.29 is 9.53 Å². The fraction of sp³-hybridized carbons (Fsp3) is 0.312. The highest BCUT2D eigenvalue weighted by Gasteiger charge is 2.12. The molecule has 0 aromatic carbocycles. The number of pyridine rings is 1. The summed E-state index contributed by atoms with van der Waals surface area (Å²) in [5.41, 5.74) is 2.22. The number of thiophene rings is 1. The molecule has 0 radical (unpaired) electrons.